The molecule has 0 atom stereocenters. The van der Waals surface area contributed by atoms with Crippen molar-refractivity contribution in [3.05, 3.63) is 60.2 Å². The van der Waals surface area contributed by atoms with Crippen LogP contribution in [0.2, 0.25) is 0 Å². The van der Waals surface area contributed by atoms with Crippen molar-refractivity contribution in [3.63, 3.8) is 0 Å². The van der Waals surface area contributed by atoms with E-state index < -0.39 is 0 Å². The molecule has 0 unspecified atom stereocenters. The second kappa shape index (κ2) is 30.4. The van der Waals surface area contributed by atoms with Crippen molar-refractivity contribution in [2.24, 2.45) is 0 Å². The van der Waals surface area contributed by atoms with Crippen LogP contribution in [-0.4, -0.2) is 29.6 Å². The number of hydrogen-bond acceptors (Lipinski definition) is 4. The monoisotopic (exact) mass is 472 g/mol. The van der Waals surface area contributed by atoms with Gasteiger partial charge in [0.2, 0.25) is 5.95 Å². The smallest absolute Gasteiger partial charge is 0.227 e. The number of allylic oxidation sites excluding steroid dienone is 3. The predicted molar refractivity (Wildman–Crippen MR) is 161 cm³/mol. The molecule has 0 saturated carbocycles. The summed E-state index contributed by atoms with van der Waals surface area (Å²) in [7, 11) is 0. The quantitative estimate of drug-likeness (QED) is 0.354. The molecule has 0 radical (unpaired) electrons. The fourth-order valence-corrected chi connectivity index (χ4v) is 2.46. The molecule has 4 nitrogen and oxygen atoms in total. The number of rotatable bonds is 10. The summed E-state index contributed by atoms with van der Waals surface area (Å²) >= 11 is 0. The van der Waals surface area contributed by atoms with Crippen LogP contribution in [0.15, 0.2) is 49.6 Å². The number of hydrogen-bond donors (Lipinski definition) is 1. The van der Waals surface area contributed by atoms with Gasteiger partial charge < -0.3 is 10.2 Å². The van der Waals surface area contributed by atoms with Crippen LogP contribution in [0.25, 0.3) is 12.2 Å². The molecule has 1 rings (SSSR count). The van der Waals surface area contributed by atoms with Crippen molar-refractivity contribution >= 4 is 23.9 Å². The summed E-state index contributed by atoms with van der Waals surface area (Å²) in [6, 6.07) is 0. The van der Waals surface area contributed by atoms with Gasteiger partial charge in [-0.25, -0.2) is 4.98 Å². The third-order valence-corrected chi connectivity index (χ3v) is 3.73. The summed E-state index contributed by atoms with van der Waals surface area (Å²) in [6.45, 7) is 36.3. The molecule has 0 aliphatic heterocycles. The molecule has 0 aliphatic carbocycles. The van der Waals surface area contributed by atoms with Crippen LogP contribution in [0, 0.1) is 0 Å². The molecule has 4 heteroatoms. The zero-order valence-corrected chi connectivity index (χ0v) is 24.5. The highest BCUT2D eigenvalue weighted by molar-refractivity contribution is 5.52. The van der Waals surface area contributed by atoms with Gasteiger partial charge in [0.15, 0.2) is 0 Å². The lowest BCUT2D eigenvalue weighted by Gasteiger charge is -2.21. The topological polar surface area (TPSA) is 41.1 Å². The Morgan fingerprint density at radius 1 is 0.912 bits per heavy atom. The van der Waals surface area contributed by atoms with Gasteiger partial charge in [0.05, 0.1) is 5.35 Å². The van der Waals surface area contributed by atoms with E-state index >= 15 is 0 Å². The zero-order valence-electron chi connectivity index (χ0n) is 24.5. The molecule has 34 heavy (non-hydrogen) atoms. The molecule has 1 aromatic rings. The van der Waals surface area contributed by atoms with Gasteiger partial charge in [-0.05, 0) is 31.9 Å². The lowest BCUT2D eigenvalue weighted by Crippen LogP contribution is -2.37. The van der Waals surface area contributed by atoms with Crippen molar-refractivity contribution < 1.29 is 0 Å². The molecule has 0 bridgehead atoms. The van der Waals surface area contributed by atoms with Gasteiger partial charge >= 0.3 is 0 Å². The molecule has 0 spiro atoms. The lowest BCUT2D eigenvalue weighted by molar-refractivity contribution is 0.759. The Kier molecular flexibility index (Phi) is 34.5. The average molecular weight is 473 g/mol. The molecule has 0 aromatic carbocycles. The average Bonchev–Trinajstić information content (AvgIpc) is 2.89. The molecule has 1 heterocycles. The van der Waals surface area contributed by atoms with Crippen molar-refractivity contribution in [3.8, 4) is 0 Å². The Labute approximate surface area is 213 Å². The van der Waals surface area contributed by atoms with E-state index in [4.69, 9.17) is 9.97 Å². The molecule has 0 amide bonds. The van der Waals surface area contributed by atoms with Gasteiger partial charge in [-0.3, -0.25) is 0 Å². The zero-order chi connectivity index (χ0) is 27.4. The van der Waals surface area contributed by atoms with Crippen LogP contribution in [0.5, 0.6) is 0 Å². The van der Waals surface area contributed by atoms with E-state index in [0.29, 0.717) is 6.54 Å². The van der Waals surface area contributed by atoms with E-state index in [1.165, 1.54) is 6.42 Å². The second-order valence-corrected chi connectivity index (χ2v) is 6.18. The van der Waals surface area contributed by atoms with E-state index in [0.717, 1.165) is 47.4 Å². The highest BCUT2D eigenvalue weighted by atomic mass is 15.3. The minimum Gasteiger partial charge on any atom is -0.365 e. The highest BCUT2D eigenvalue weighted by Crippen LogP contribution is 2.08. The van der Waals surface area contributed by atoms with Crippen LogP contribution in [0.1, 0.15) is 89.0 Å². The first-order valence-electron chi connectivity index (χ1n) is 13.2. The van der Waals surface area contributed by atoms with Crippen LogP contribution in [-0.2, 0) is 0 Å². The van der Waals surface area contributed by atoms with Crippen molar-refractivity contribution in [2.45, 2.75) is 89.0 Å². The summed E-state index contributed by atoms with van der Waals surface area (Å²) in [6.07, 6.45) is 13.5. The molecule has 0 aliphatic rings. The number of aromatic nitrogens is 2. The van der Waals surface area contributed by atoms with Crippen LogP contribution < -0.4 is 20.8 Å². The maximum Gasteiger partial charge on any atom is 0.227 e. The normalized spacial score (nSPS) is 10.5. The molecule has 0 fully saturated rings. The van der Waals surface area contributed by atoms with E-state index in [2.05, 4.69) is 57.6 Å². The second-order valence-electron chi connectivity index (χ2n) is 6.18. The van der Waals surface area contributed by atoms with Gasteiger partial charge in [-0.2, -0.15) is 4.98 Å². The van der Waals surface area contributed by atoms with Crippen molar-refractivity contribution in [1.82, 2.24) is 9.97 Å². The molecular weight excluding hydrogens is 416 g/mol. The van der Waals surface area contributed by atoms with E-state index in [1.807, 2.05) is 72.8 Å². The van der Waals surface area contributed by atoms with Gasteiger partial charge in [0, 0.05) is 24.9 Å². The molecular formula is C30H56N4. The van der Waals surface area contributed by atoms with Gasteiger partial charge in [-0.15, -0.1) is 0 Å². The molecule has 0 saturated heterocycles. The summed E-state index contributed by atoms with van der Waals surface area (Å²) in [4.78, 5) is 11.7. The van der Waals surface area contributed by atoms with E-state index in [1.54, 1.807) is 12.2 Å². The fraction of sp³-hybridized carbons (Fsp3) is 0.533. The summed E-state index contributed by atoms with van der Waals surface area (Å²) < 4.78 is 0. The van der Waals surface area contributed by atoms with Crippen molar-refractivity contribution in [2.75, 3.05) is 29.9 Å². The first-order chi connectivity index (χ1) is 16.6. The fourth-order valence-electron chi connectivity index (χ4n) is 2.46. The maximum atomic E-state index is 4.77. The maximum absolute atomic E-state index is 4.77. The minimum atomic E-state index is 0.618. The number of nitrogens with zero attached hydrogens (tertiary/aromatic N) is 3. The van der Waals surface area contributed by atoms with E-state index in [-0.39, 0.29) is 0 Å². The minimum absolute atomic E-state index is 0.618. The first kappa shape index (κ1) is 38.6. The first-order valence-corrected chi connectivity index (χ1v) is 13.2. The Bertz CT molecular complexity index is 761. The molecule has 1 N–H and O–H groups in total. The SMILES string of the molecule is C=C/C=C(\C=C)CNc1nc(N(CC)CCC)nc(=C/C)/c1=C\C=C.CC.CC.CC.CCC. The summed E-state index contributed by atoms with van der Waals surface area (Å²) in [5.41, 5.74) is 1.04. The van der Waals surface area contributed by atoms with Gasteiger partial charge in [0.25, 0.3) is 0 Å². The highest BCUT2D eigenvalue weighted by Gasteiger charge is 2.10. The van der Waals surface area contributed by atoms with Crippen LogP contribution in [0.4, 0.5) is 11.8 Å². The Balaban J connectivity index is -0.000000440. The molecule has 1 aromatic heterocycles. The Morgan fingerprint density at radius 3 is 1.85 bits per heavy atom. The predicted octanol–water partition coefficient (Wildman–Crippen LogP) is 7.69. The van der Waals surface area contributed by atoms with E-state index in [9.17, 15) is 0 Å². The largest absolute Gasteiger partial charge is 0.365 e. The molecule has 196 valence electrons. The van der Waals surface area contributed by atoms with Crippen LogP contribution in [0.3, 0.4) is 0 Å². The third-order valence-electron chi connectivity index (χ3n) is 3.73. The summed E-state index contributed by atoms with van der Waals surface area (Å²) in [5.74, 6) is 1.54. The lowest BCUT2D eigenvalue weighted by atomic mass is 10.2. The Hall–Kier alpha value is -2.62. The number of nitrogens with one attached hydrogen (secondary N) is 1. The van der Waals surface area contributed by atoms with Crippen LogP contribution >= 0.6 is 0 Å². The van der Waals surface area contributed by atoms with Gasteiger partial charge in [0.1, 0.15) is 5.82 Å². The Morgan fingerprint density at radius 2 is 1.47 bits per heavy atom. The standard InChI is InChI=1S/C21H30N4.C3H8.3C2H6/c1-7-13-17(10-4)16-22-20-18(14-8-2)19(11-5)23-21(24-20)25(12-6)15-9-3;1-3-2;3*1-2/h7-8,10-11,13-14H,1-2,4,9,12,15-16H2,3,5-6H3,(H,22,23,24);3H2,1-2H3;3*1-2H3/b17-13+,18-14+,19-11+;;;;. The van der Waals surface area contributed by atoms with Crippen molar-refractivity contribution in [1.29, 1.82) is 0 Å². The summed E-state index contributed by atoms with van der Waals surface area (Å²) in [5, 5.41) is 5.24. The number of anilines is 2. The third kappa shape index (κ3) is 16.9. The van der Waals surface area contributed by atoms with Gasteiger partial charge in [-0.1, -0.05) is 119 Å².